The van der Waals surface area contributed by atoms with Gasteiger partial charge in [0.1, 0.15) is 11.6 Å². The second-order valence-electron chi connectivity index (χ2n) is 9.40. The Balaban J connectivity index is 2.29. The molecule has 0 aliphatic rings. The Bertz CT molecular complexity index is 1190. The van der Waals surface area contributed by atoms with Crippen molar-refractivity contribution in [1.29, 1.82) is 0 Å². The topological polar surface area (TPSA) is 64.4 Å². The van der Waals surface area contributed by atoms with Gasteiger partial charge in [0.05, 0.1) is 29.7 Å². The number of fused-ring (bicyclic) bond motifs is 1. The minimum atomic E-state index is -0.405. The summed E-state index contributed by atoms with van der Waals surface area (Å²) >= 11 is 0. The van der Waals surface area contributed by atoms with E-state index in [1.807, 2.05) is 77.9 Å². The van der Waals surface area contributed by atoms with Crippen molar-refractivity contribution in [2.45, 2.75) is 54.0 Å². The number of para-hydroxylation sites is 1. The van der Waals surface area contributed by atoms with E-state index in [0.29, 0.717) is 41.1 Å². The lowest BCUT2D eigenvalue weighted by Gasteiger charge is -2.32. The van der Waals surface area contributed by atoms with Crippen molar-refractivity contribution in [3.63, 3.8) is 0 Å². The second-order valence-corrected chi connectivity index (χ2v) is 9.40. The molecule has 0 fully saturated rings. The molecule has 1 amide bonds. The summed E-state index contributed by atoms with van der Waals surface area (Å²) in [7, 11) is 1.59. The van der Waals surface area contributed by atoms with Crippen LogP contribution in [0.1, 0.15) is 58.5 Å². The highest BCUT2D eigenvalue weighted by Gasteiger charge is 2.29. The van der Waals surface area contributed by atoms with Gasteiger partial charge in [0.15, 0.2) is 0 Å². The number of methoxy groups -OCH3 is 1. The number of benzene rings is 2. The quantitative estimate of drug-likeness (QED) is 0.544. The van der Waals surface area contributed by atoms with Crippen LogP contribution in [0, 0.1) is 12.3 Å². The van der Waals surface area contributed by atoms with Crippen molar-refractivity contribution in [2.75, 3.05) is 13.7 Å². The van der Waals surface area contributed by atoms with Crippen LogP contribution in [0.4, 0.5) is 0 Å². The summed E-state index contributed by atoms with van der Waals surface area (Å²) in [6.45, 7) is 12.5. The van der Waals surface area contributed by atoms with Crippen molar-refractivity contribution in [2.24, 2.45) is 5.41 Å². The highest BCUT2D eigenvalue weighted by Crippen LogP contribution is 2.30. The number of aromatic nitrogens is 2. The molecule has 0 saturated heterocycles. The van der Waals surface area contributed by atoms with Gasteiger partial charge >= 0.3 is 0 Å². The summed E-state index contributed by atoms with van der Waals surface area (Å²) in [5.74, 6) is 1.13. The van der Waals surface area contributed by atoms with Crippen molar-refractivity contribution in [3.8, 4) is 11.4 Å². The van der Waals surface area contributed by atoms with Crippen molar-refractivity contribution >= 4 is 16.8 Å². The first-order valence-electron chi connectivity index (χ1n) is 11.0. The number of ether oxygens (including phenoxy) is 1. The number of carbonyl (C=O) groups is 1. The van der Waals surface area contributed by atoms with E-state index < -0.39 is 6.04 Å². The van der Waals surface area contributed by atoms with Gasteiger partial charge in [-0.25, -0.2) is 4.98 Å². The van der Waals surface area contributed by atoms with Gasteiger partial charge in [0.25, 0.3) is 5.56 Å². The predicted molar refractivity (Wildman–Crippen MR) is 129 cm³/mol. The van der Waals surface area contributed by atoms with E-state index >= 15 is 0 Å². The molecule has 0 bridgehead atoms. The molecule has 1 heterocycles. The Morgan fingerprint density at radius 2 is 1.88 bits per heavy atom. The molecule has 0 spiro atoms. The van der Waals surface area contributed by atoms with Crippen LogP contribution in [0.3, 0.4) is 0 Å². The van der Waals surface area contributed by atoms with Gasteiger partial charge in [0.2, 0.25) is 5.91 Å². The van der Waals surface area contributed by atoms with Crippen LogP contribution < -0.4 is 10.3 Å². The molecule has 170 valence electrons. The zero-order valence-corrected chi connectivity index (χ0v) is 20.1. The molecule has 32 heavy (non-hydrogen) atoms. The number of nitrogens with zero attached hydrogens (tertiary/aromatic N) is 3. The fourth-order valence-corrected chi connectivity index (χ4v) is 4.00. The molecule has 1 aromatic heterocycles. The summed E-state index contributed by atoms with van der Waals surface area (Å²) in [6.07, 6.45) is 0.413. The minimum absolute atomic E-state index is 0.0395. The molecule has 3 aromatic rings. The van der Waals surface area contributed by atoms with E-state index in [9.17, 15) is 9.59 Å². The molecule has 1 unspecified atom stereocenters. The molecular weight excluding hydrogens is 402 g/mol. The Morgan fingerprint density at radius 1 is 1.19 bits per heavy atom. The van der Waals surface area contributed by atoms with Gasteiger partial charge in [0, 0.05) is 13.0 Å². The fourth-order valence-electron chi connectivity index (χ4n) is 4.00. The first-order valence-corrected chi connectivity index (χ1v) is 11.0. The highest BCUT2D eigenvalue weighted by atomic mass is 16.5. The molecule has 6 heteroatoms. The number of rotatable bonds is 6. The van der Waals surface area contributed by atoms with Crippen LogP contribution in [-0.2, 0) is 4.79 Å². The van der Waals surface area contributed by atoms with Crippen LogP contribution in [-0.4, -0.2) is 34.0 Å². The van der Waals surface area contributed by atoms with Gasteiger partial charge < -0.3 is 9.64 Å². The van der Waals surface area contributed by atoms with Gasteiger partial charge in [-0.3, -0.25) is 14.2 Å². The first kappa shape index (κ1) is 23.5. The van der Waals surface area contributed by atoms with Gasteiger partial charge in [-0.2, -0.15) is 0 Å². The standard InChI is InChI=1S/C26H33N3O3/c1-8-28(23(30)16-26(4,5)6)18(3)24-27-20-12-10-9-11-19(20)25(31)29(24)21-15-17(2)13-14-22(21)32-7/h9-15,18H,8,16H2,1-7H3. The first-order chi connectivity index (χ1) is 15.1. The van der Waals surface area contributed by atoms with E-state index in [1.54, 1.807) is 22.6 Å². The van der Waals surface area contributed by atoms with E-state index in [1.165, 1.54) is 0 Å². The fraction of sp³-hybridized carbons (Fsp3) is 0.423. The molecule has 6 nitrogen and oxygen atoms in total. The maximum atomic E-state index is 13.7. The van der Waals surface area contributed by atoms with Crippen LogP contribution in [0.2, 0.25) is 0 Å². The largest absolute Gasteiger partial charge is 0.495 e. The molecule has 2 aromatic carbocycles. The van der Waals surface area contributed by atoms with Crippen molar-refractivity contribution < 1.29 is 9.53 Å². The summed E-state index contributed by atoms with van der Waals surface area (Å²) in [4.78, 5) is 33.5. The Kier molecular flexibility index (Phi) is 6.72. The van der Waals surface area contributed by atoms with Gasteiger partial charge in [-0.1, -0.05) is 39.0 Å². The summed E-state index contributed by atoms with van der Waals surface area (Å²) in [5.41, 5.74) is 1.91. The average molecular weight is 436 g/mol. The van der Waals surface area contributed by atoms with Crippen LogP contribution in [0.5, 0.6) is 5.75 Å². The third-order valence-electron chi connectivity index (χ3n) is 5.56. The lowest BCUT2D eigenvalue weighted by Crippen LogP contribution is -2.38. The van der Waals surface area contributed by atoms with Gasteiger partial charge in [-0.15, -0.1) is 0 Å². The maximum Gasteiger partial charge on any atom is 0.266 e. The SMILES string of the molecule is CCN(C(=O)CC(C)(C)C)C(C)c1nc2ccccc2c(=O)n1-c1cc(C)ccc1OC. The predicted octanol–water partition coefficient (Wildman–Crippen LogP) is 5.05. The smallest absolute Gasteiger partial charge is 0.266 e. The summed E-state index contributed by atoms with van der Waals surface area (Å²) in [5, 5.41) is 0.524. The normalized spacial score (nSPS) is 12.6. The van der Waals surface area contributed by atoms with E-state index in [0.717, 1.165) is 5.56 Å². The Hall–Kier alpha value is -3.15. The molecule has 0 radical (unpaired) electrons. The van der Waals surface area contributed by atoms with Crippen LogP contribution in [0.15, 0.2) is 47.3 Å². The highest BCUT2D eigenvalue weighted by molar-refractivity contribution is 5.79. The van der Waals surface area contributed by atoms with Crippen molar-refractivity contribution in [3.05, 3.63) is 64.2 Å². The molecule has 0 aliphatic heterocycles. The second kappa shape index (κ2) is 9.15. The number of hydrogen-bond acceptors (Lipinski definition) is 4. The summed E-state index contributed by atoms with van der Waals surface area (Å²) in [6, 6.07) is 12.6. The van der Waals surface area contributed by atoms with E-state index in [2.05, 4.69) is 0 Å². The van der Waals surface area contributed by atoms with Crippen LogP contribution in [0.25, 0.3) is 16.6 Å². The van der Waals surface area contributed by atoms with E-state index in [4.69, 9.17) is 9.72 Å². The lowest BCUT2D eigenvalue weighted by molar-refractivity contribution is -0.135. The monoisotopic (exact) mass is 435 g/mol. The molecular formula is C26H33N3O3. The third kappa shape index (κ3) is 4.69. The lowest BCUT2D eigenvalue weighted by atomic mass is 9.91. The Labute approximate surface area is 189 Å². The minimum Gasteiger partial charge on any atom is -0.495 e. The molecule has 3 rings (SSSR count). The molecule has 0 aliphatic carbocycles. The molecule has 0 N–H and O–H groups in total. The summed E-state index contributed by atoms with van der Waals surface area (Å²) < 4.78 is 7.19. The number of amides is 1. The zero-order chi connectivity index (χ0) is 23.6. The molecule has 1 atom stereocenters. The third-order valence-corrected chi connectivity index (χ3v) is 5.56. The number of carbonyl (C=O) groups excluding carboxylic acids is 1. The van der Waals surface area contributed by atoms with Crippen LogP contribution >= 0.6 is 0 Å². The zero-order valence-electron chi connectivity index (χ0n) is 20.1. The Morgan fingerprint density at radius 3 is 2.50 bits per heavy atom. The number of aryl methyl sites for hydroxylation is 1. The molecule has 0 saturated carbocycles. The van der Waals surface area contributed by atoms with E-state index in [-0.39, 0.29) is 16.9 Å². The van der Waals surface area contributed by atoms with Gasteiger partial charge in [-0.05, 0) is 56.0 Å². The van der Waals surface area contributed by atoms with Crippen molar-refractivity contribution in [1.82, 2.24) is 14.5 Å². The average Bonchev–Trinajstić information content (AvgIpc) is 2.72. The maximum absolute atomic E-state index is 13.7. The number of hydrogen-bond donors (Lipinski definition) is 0.